The standard InChI is InChI=1S/C15H20N2O4/c18-12-6-4-11(5-7-12)10-13(14(19)20)16-15(21)17-8-2-1-3-9-17/h4-7,13,18H,1-3,8-10H2,(H,16,21)(H,19,20)/t13-/m1/s1. The van der Waals surface area contributed by atoms with Gasteiger partial charge < -0.3 is 20.4 Å². The van der Waals surface area contributed by atoms with Crippen LogP contribution >= 0.6 is 0 Å². The molecule has 1 atom stereocenters. The Morgan fingerprint density at radius 2 is 1.76 bits per heavy atom. The molecule has 1 heterocycles. The van der Waals surface area contributed by atoms with E-state index in [4.69, 9.17) is 0 Å². The summed E-state index contributed by atoms with van der Waals surface area (Å²) in [5.41, 5.74) is 0.749. The third-order valence-electron chi connectivity index (χ3n) is 3.62. The quantitative estimate of drug-likeness (QED) is 0.786. The van der Waals surface area contributed by atoms with E-state index < -0.39 is 12.0 Å². The van der Waals surface area contributed by atoms with E-state index in [9.17, 15) is 19.8 Å². The Labute approximate surface area is 123 Å². The minimum Gasteiger partial charge on any atom is -0.508 e. The summed E-state index contributed by atoms with van der Waals surface area (Å²) in [7, 11) is 0. The van der Waals surface area contributed by atoms with E-state index in [1.54, 1.807) is 17.0 Å². The second-order valence-corrected chi connectivity index (χ2v) is 5.26. The number of aromatic hydroxyl groups is 1. The van der Waals surface area contributed by atoms with Crippen LogP contribution in [0.1, 0.15) is 24.8 Å². The molecule has 0 aromatic heterocycles. The van der Waals surface area contributed by atoms with Crippen molar-refractivity contribution in [1.82, 2.24) is 10.2 Å². The second kappa shape index (κ2) is 6.97. The highest BCUT2D eigenvalue weighted by atomic mass is 16.4. The van der Waals surface area contributed by atoms with Crippen LogP contribution in [0.15, 0.2) is 24.3 Å². The van der Waals surface area contributed by atoms with E-state index >= 15 is 0 Å². The van der Waals surface area contributed by atoms with Crippen molar-refractivity contribution in [2.45, 2.75) is 31.7 Å². The Kier molecular flexibility index (Phi) is 5.03. The first-order valence-electron chi connectivity index (χ1n) is 7.12. The van der Waals surface area contributed by atoms with Crippen molar-refractivity contribution in [2.75, 3.05) is 13.1 Å². The third kappa shape index (κ3) is 4.37. The SMILES string of the molecule is O=C(O)[C@@H](Cc1ccc(O)cc1)NC(=O)N1CCCCC1. The van der Waals surface area contributed by atoms with Crippen LogP contribution in [0.4, 0.5) is 4.79 Å². The van der Waals surface area contributed by atoms with Gasteiger partial charge >= 0.3 is 12.0 Å². The number of hydrogen-bond acceptors (Lipinski definition) is 3. The molecule has 1 aliphatic rings. The average Bonchev–Trinajstić information content (AvgIpc) is 2.49. The van der Waals surface area contributed by atoms with Crippen LogP contribution in [0.5, 0.6) is 5.75 Å². The molecule has 6 nitrogen and oxygen atoms in total. The van der Waals surface area contributed by atoms with Crippen molar-refractivity contribution in [3.8, 4) is 5.75 Å². The number of carboxylic acid groups (broad SMARTS) is 1. The van der Waals surface area contributed by atoms with E-state index in [1.807, 2.05) is 0 Å². The summed E-state index contributed by atoms with van der Waals surface area (Å²) in [6.07, 6.45) is 3.22. The molecule has 0 saturated carbocycles. The van der Waals surface area contributed by atoms with Gasteiger partial charge in [-0.1, -0.05) is 12.1 Å². The van der Waals surface area contributed by atoms with Crippen LogP contribution in [-0.2, 0) is 11.2 Å². The summed E-state index contributed by atoms with van der Waals surface area (Å²) >= 11 is 0. The van der Waals surface area contributed by atoms with Gasteiger partial charge in [0.2, 0.25) is 0 Å². The summed E-state index contributed by atoms with van der Waals surface area (Å²) in [6, 6.07) is 5.02. The molecule has 0 aliphatic carbocycles. The molecule has 3 N–H and O–H groups in total. The minimum absolute atomic E-state index is 0.128. The number of carbonyl (C=O) groups is 2. The van der Waals surface area contributed by atoms with Gasteiger partial charge in [-0.15, -0.1) is 0 Å². The lowest BCUT2D eigenvalue weighted by atomic mass is 10.1. The number of piperidine rings is 1. The molecule has 6 heteroatoms. The lowest BCUT2D eigenvalue weighted by Gasteiger charge is -2.28. The van der Waals surface area contributed by atoms with Gasteiger partial charge in [0.1, 0.15) is 11.8 Å². The molecule has 0 radical (unpaired) electrons. The highest BCUT2D eigenvalue weighted by molar-refractivity contribution is 5.82. The first-order chi connectivity index (χ1) is 10.1. The van der Waals surface area contributed by atoms with Crippen LogP contribution < -0.4 is 5.32 Å². The normalized spacial score (nSPS) is 16.3. The number of phenols is 1. The molecule has 0 bridgehead atoms. The molecule has 21 heavy (non-hydrogen) atoms. The lowest BCUT2D eigenvalue weighted by molar-refractivity contribution is -0.139. The van der Waals surface area contributed by atoms with Crippen LogP contribution in [0.2, 0.25) is 0 Å². The molecular weight excluding hydrogens is 272 g/mol. The molecule has 0 spiro atoms. The Bertz CT molecular complexity index is 495. The zero-order valence-electron chi connectivity index (χ0n) is 11.8. The maximum absolute atomic E-state index is 12.1. The summed E-state index contributed by atoms with van der Waals surface area (Å²) in [5, 5.41) is 21.1. The van der Waals surface area contributed by atoms with Gasteiger partial charge in [-0.3, -0.25) is 0 Å². The summed E-state index contributed by atoms with van der Waals surface area (Å²) in [5.74, 6) is -0.934. The predicted molar refractivity (Wildman–Crippen MR) is 77.2 cm³/mol. The number of nitrogens with zero attached hydrogens (tertiary/aromatic N) is 1. The zero-order valence-corrected chi connectivity index (χ0v) is 11.8. The molecule has 114 valence electrons. The maximum Gasteiger partial charge on any atom is 0.326 e. The molecule has 1 aromatic carbocycles. The number of nitrogens with one attached hydrogen (secondary N) is 1. The van der Waals surface area contributed by atoms with Gasteiger partial charge in [-0.25, -0.2) is 9.59 Å². The van der Waals surface area contributed by atoms with E-state index in [0.717, 1.165) is 24.8 Å². The van der Waals surface area contributed by atoms with Crippen LogP contribution in [0.3, 0.4) is 0 Å². The van der Waals surface area contributed by atoms with Crippen LogP contribution in [-0.4, -0.2) is 46.2 Å². The summed E-state index contributed by atoms with van der Waals surface area (Å²) in [6.45, 7) is 1.36. The third-order valence-corrected chi connectivity index (χ3v) is 3.62. The van der Waals surface area contributed by atoms with E-state index in [0.29, 0.717) is 13.1 Å². The molecular formula is C15H20N2O4. The van der Waals surface area contributed by atoms with Gasteiger partial charge in [0.25, 0.3) is 0 Å². The van der Waals surface area contributed by atoms with Crippen molar-refractivity contribution < 1.29 is 19.8 Å². The Balaban J connectivity index is 1.96. The Morgan fingerprint density at radius 1 is 1.14 bits per heavy atom. The van der Waals surface area contributed by atoms with Gasteiger partial charge in [-0.2, -0.15) is 0 Å². The molecule has 0 unspecified atom stereocenters. The van der Waals surface area contributed by atoms with E-state index in [2.05, 4.69) is 5.32 Å². The highest BCUT2D eigenvalue weighted by Gasteiger charge is 2.24. The Hall–Kier alpha value is -2.24. The first kappa shape index (κ1) is 15.2. The van der Waals surface area contributed by atoms with Crippen molar-refractivity contribution >= 4 is 12.0 Å². The maximum atomic E-state index is 12.1. The smallest absolute Gasteiger partial charge is 0.326 e. The Morgan fingerprint density at radius 3 is 2.33 bits per heavy atom. The number of phenolic OH excluding ortho intramolecular Hbond substituents is 1. The van der Waals surface area contributed by atoms with Crippen LogP contribution in [0.25, 0.3) is 0 Å². The number of aliphatic carboxylic acids is 1. The monoisotopic (exact) mass is 292 g/mol. The average molecular weight is 292 g/mol. The number of carbonyl (C=O) groups excluding carboxylic acids is 1. The number of amides is 2. The number of likely N-dealkylation sites (tertiary alicyclic amines) is 1. The van der Waals surface area contributed by atoms with Gasteiger partial charge in [0.05, 0.1) is 0 Å². The van der Waals surface area contributed by atoms with Crippen molar-refractivity contribution in [3.05, 3.63) is 29.8 Å². The molecule has 1 aliphatic heterocycles. The first-order valence-corrected chi connectivity index (χ1v) is 7.12. The van der Waals surface area contributed by atoms with Crippen molar-refractivity contribution in [1.29, 1.82) is 0 Å². The minimum atomic E-state index is -1.06. The molecule has 1 saturated heterocycles. The van der Waals surface area contributed by atoms with E-state index in [1.165, 1.54) is 12.1 Å². The number of benzene rings is 1. The highest BCUT2D eigenvalue weighted by Crippen LogP contribution is 2.12. The van der Waals surface area contributed by atoms with Gasteiger partial charge in [-0.05, 0) is 37.0 Å². The number of rotatable bonds is 4. The lowest BCUT2D eigenvalue weighted by Crippen LogP contribution is -2.50. The zero-order chi connectivity index (χ0) is 15.2. The number of carboxylic acids is 1. The van der Waals surface area contributed by atoms with Crippen molar-refractivity contribution in [2.24, 2.45) is 0 Å². The van der Waals surface area contributed by atoms with Crippen LogP contribution in [0, 0.1) is 0 Å². The molecule has 2 rings (SSSR count). The fraction of sp³-hybridized carbons (Fsp3) is 0.467. The number of urea groups is 1. The fourth-order valence-electron chi connectivity index (χ4n) is 2.41. The molecule has 1 aromatic rings. The predicted octanol–water partition coefficient (Wildman–Crippen LogP) is 1.58. The molecule has 1 fully saturated rings. The summed E-state index contributed by atoms with van der Waals surface area (Å²) < 4.78 is 0. The number of hydrogen-bond donors (Lipinski definition) is 3. The van der Waals surface area contributed by atoms with E-state index in [-0.39, 0.29) is 18.2 Å². The largest absolute Gasteiger partial charge is 0.508 e. The topological polar surface area (TPSA) is 89.9 Å². The summed E-state index contributed by atoms with van der Waals surface area (Å²) in [4.78, 5) is 25.0. The van der Waals surface area contributed by atoms with Crippen molar-refractivity contribution in [3.63, 3.8) is 0 Å². The van der Waals surface area contributed by atoms with Gasteiger partial charge in [0, 0.05) is 19.5 Å². The molecule has 2 amide bonds. The fourth-order valence-corrected chi connectivity index (χ4v) is 2.41. The second-order valence-electron chi connectivity index (χ2n) is 5.26. The van der Waals surface area contributed by atoms with Gasteiger partial charge in [0.15, 0.2) is 0 Å².